The normalized spacial score (nSPS) is 10.6. The predicted molar refractivity (Wildman–Crippen MR) is 109 cm³/mol. The molecule has 0 unspecified atom stereocenters. The van der Waals surface area contributed by atoms with Gasteiger partial charge in [-0.15, -0.1) is 0 Å². The minimum atomic E-state index is -0.211. The first-order chi connectivity index (χ1) is 13.7. The molecule has 6 nitrogen and oxygen atoms in total. The van der Waals surface area contributed by atoms with Gasteiger partial charge in [-0.25, -0.2) is 9.97 Å². The number of anilines is 1. The van der Waals surface area contributed by atoms with Gasteiger partial charge in [-0.2, -0.15) is 5.26 Å². The maximum atomic E-state index is 13.2. The molecule has 0 fully saturated rings. The van der Waals surface area contributed by atoms with Crippen molar-refractivity contribution >= 4 is 28.3 Å². The summed E-state index contributed by atoms with van der Waals surface area (Å²) in [5.74, 6) is 0.893. The first kappa shape index (κ1) is 17.7. The Hall–Kier alpha value is -3.69. The molecule has 0 saturated heterocycles. The van der Waals surface area contributed by atoms with Gasteiger partial charge in [-0.3, -0.25) is 9.36 Å². The van der Waals surface area contributed by atoms with Crippen LogP contribution in [0.15, 0.2) is 71.7 Å². The molecule has 136 valence electrons. The van der Waals surface area contributed by atoms with E-state index < -0.39 is 0 Å². The van der Waals surface area contributed by atoms with E-state index in [4.69, 9.17) is 11.6 Å². The smallest absolute Gasteiger partial charge is 0.266 e. The van der Waals surface area contributed by atoms with Crippen molar-refractivity contribution in [2.45, 2.75) is 6.54 Å². The highest BCUT2D eigenvalue weighted by atomic mass is 35.5. The standard InChI is InChI=1S/C21H14ClN5O/c22-16-8-2-4-10-18(16)27-19(13-25-20-14(12-23)6-5-11-24-20)26-17-9-3-1-7-15(17)21(27)28/h1-11H,13H2,(H,24,25). The summed E-state index contributed by atoms with van der Waals surface area (Å²) in [6.07, 6.45) is 1.60. The number of pyridine rings is 1. The number of hydrogen-bond acceptors (Lipinski definition) is 5. The van der Waals surface area contributed by atoms with Gasteiger partial charge in [0.1, 0.15) is 17.7 Å². The Morgan fingerprint density at radius 2 is 1.86 bits per heavy atom. The third-order valence-electron chi connectivity index (χ3n) is 4.28. The van der Waals surface area contributed by atoms with E-state index in [1.54, 1.807) is 54.7 Å². The summed E-state index contributed by atoms with van der Waals surface area (Å²) >= 11 is 6.36. The van der Waals surface area contributed by atoms with Crippen LogP contribution in [-0.4, -0.2) is 14.5 Å². The van der Waals surface area contributed by atoms with Crippen molar-refractivity contribution in [3.8, 4) is 11.8 Å². The quantitative estimate of drug-likeness (QED) is 0.573. The zero-order valence-electron chi connectivity index (χ0n) is 14.6. The molecule has 0 bridgehead atoms. The van der Waals surface area contributed by atoms with Crippen LogP contribution in [0.5, 0.6) is 0 Å². The predicted octanol–water partition coefficient (Wildman–Crippen LogP) is 3.92. The van der Waals surface area contributed by atoms with Crippen molar-refractivity contribution in [1.82, 2.24) is 14.5 Å². The topological polar surface area (TPSA) is 83.6 Å². The van der Waals surface area contributed by atoms with Crippen LogP contribution in [0.25, 0.3) is 16.6 Å². The van der Waals surface area contributed by atoms with Crippen LogP contribution < -0.4 is 10.9 Å². The van der Waals surface area contributed by atoms with Crippen molar-refractivity contribution in [3.05, 3.63) is 93.6 Å². The fourth-order valence-corrected chi connectivity index (χ4v) is 3.20. The summed E-state index contributed by atoms with van der Waals surface area (Å²) in [6.45, 7) is 0.191. The van der Waals surface area contributed by atoms with Crippen LogP contribution in [0, 0.1) is 11.3 Å². The fourth-order valence-electron chi connectivity index (χ4n) is 2.98. The molecule has 0 aliphatic heterocycles. The van der Waals surface area contributed by atoms with Crippen LogP contribution in [0.4, 0.5) is 5.82 Å². The average molecular weight is 388 g/mol. The van der Waals surface area contributed by atoms with Crippen molar-refractivity contribution in [1.29, 1.82) is 5.26 Å². The Kier molecular flexibility index (Phi) is 4.75. The molecule has 0 saturated carbocycles. The highest BCUT2D eigenvalue weighted by Gasteiger charge is 2.15. The number of aromatic nitrogens is 3. The molecule has 4 aromatic rings. The third-order valence-corrected chi connectivity index (χ3v) is 4.60. The Morgan fingerprint density at radius 1 is 1.07 bits per heavy atom. The highest BCUT2D eigenvalue weighted by Crippen LogP contribution is 2.21. The molecular weight excluding hydrogens is 374 g/mol. The van der Waals surface area contributed by atoms with E-state index in [1.807, 2.05) is 12.1 Å². The molecule has 0 amide bonds. The van der Waals surface area contributed by atoms with Crippen LogP contribution in [0.2, 0.25) is 5.02 Å². The zero-order valence-corrected chi connectivity index (χ0v) is 15.4. The number of nitrogens with zero attached hydrogens (tertiary/aromatic N) is 4. The number of rotatable bonds is 4. The molecule has 0 aliphatic carbocycles. The number of hydrogen-bond donors (Lipinski definition) is 1. The second-order valence-corrected chi connectivity index (χ2v) is 6.41. The molecule has 7 heteroatoms. The second kappa shape index (κ2) is 7.51. The number of nitrogens with one attached hydrogen (secondary N) is 1. The van der Waals surface area contributed by atoms with Gasteiger partial charge in [0, 0.05) is 6.20 Å². The summed E-state index contributed by atoms with van der Waals surface area (Å²) in [5, 5.41) is 13.3. The highest BCUT2D eigenvalue weighted by molar-refractivity contribution is 6.32. The molecular formula is C21H14ClN5O. The number of nitriles is 1. The molecule has 0 aliphatic rings. The Labute approximate surface area is 165 Å². The molecule has 2 aromatic heterocycles. The maximum absolute atomic E-state index is 13.2. The molecule has 2 heterocycles. The lowest BCUT2D eigenvalue weighted by molar-refractivity contribution is 0.836. The number of halogens is 1. The molecule has 0 radical (unpaired) electrons. The van der Waals surface area contributed by atoms with E-state index in [0.29, 0.717) is 38.8 Å². The van der Waals surface area contributed by atoms with Crippen LogP contribution in [0.3, 0.4) is 0 Å². The number of fused-ring (bicyclic) bond motifs is 1. The number of benzene rings is 2. The molecule has 2 aromatic carbocycles. The molecule has 28 heavy (non-hydrogen) atoms. The van der Waals surface area contributed by atoms with E-state index in [9.17, 15) is 10.1 Å². The third kappa shape index (κ3) is 3.20. The van der Waals surface area contributed by atoms with Crippen LogP contribution >= 0.6 is 11.6 Å². The second-order valence-electron chi connectivity index (χ2n) is 6.00. The van der Waals surface area contributed by atoms with Crippen LogP contribution in [0.1, 0.15) is 11.4 Å². The summed E-state index contributed by atoms with van der Waals surface area (Å²) in [4.78, 5) is 22.1. The number of para-hydroxylation sites is 2. The largest absolute Gasteiger partial charge is 0.362 e. The summed E-state index contributed by atoms with van der Waals surface area (Å²) in [5.41, 5.74) is 1.34. The van der Waals surface area contributed by atoms with Gasteiger partial charge >= 0.3 is 0 Å². The summed E-state index contributed by atoms with van der Waals surface area (Å²) in [7, 11) is 0. The molecule has 4 rings (SSSR count). The van der Waals surface area contributed by atoms with Gasteiger partial charge < -0.3 is 5.32 Å². The Balaban J connectivity index is 1.87. The Bertz CT molecular complexity index is 1280. The summed E-state index contributed by atoms with van der Waals surface area (Å²) < 4.78 is 1.49. The van der Waals surface area contributed by atoms with Gasteiger partial charge in [-0.1, -0.05) is 35.9 Å². The lowest BCUT2D eigenvalue weighted by Crippen LogP contribution is -2.25. The maximum Gasteiger partial charge on any atom is 0.266 e. The van der Waals surface area contributed by atoms with Crippen molar-refractivity contribution in [2.75, 3.05) is 5.32 Å². The van der Waals surface area contributed by atoms with Gasteiger partial charge in [0.05, 0.1) is 33.7 Å². The molecule has 0 atom stereocenters. The van der Waals surface area contributed by atoms with Crippen molar-refractivity contribution in [3.63, 3.8) is 0 Å². The van der Waals surface area contributed by atoms with E-state index >= 15 is 0 Å². The van der Waals surface area contributed by atoms with Gasteiger partial charge in [0.15, 0.2) is 0 Å². The van der Waals surface area contributed by atoms with Crippen LogP contribution in [-0.2, 0) is 6.54 Å². The minimum absolute atomic E-state index is 0.191. The lowest BCUT2D eigenvalue weighted by atomic mass is 10.2. The van der Waals surface area contributed by atoms with Gasteiger partial charge in [0.25, 0.3) is 5.56 Å². The minimum Gasteiger partial charge on any atom is -0.362 e. The monoisotopic (exact) mass is 387 g/mol. The molecule has 0 spiro atoms. The van der Waals surface area contributed by atoms with Gasteiger partial charge in [0.2, 0.25) is 0 Å². The Morgan fingerprint density at radius 3 is 2.68 bits per heavy atom. The van der Waals surface area contributed by atoms with E-state index in [1.165, 1.54) is 4.57 Å². The van der Waals surface area contributed by atoms with Crippen molar-refractivity contribution < 1.29 is 0 Å². The first-order valence-corrected chi connectivity index (χ1v) is 8.91. The average Bonchev–Trinajstić information content (AvgIpc) is 2.73. The summed E-state index contributed by atoms with van der Waals surface area (Å²) in [6, 6.07) is 19.7. The molecule has 1 N–H and O–H groups in total. The van der Waals surface area contributed by atoms with E-state index in [2.05, 4.69) is 21.4 Å². The SMILES string of the molecule is N#Cc1cccnc1NCc1nc2ccccc2c(=O)n1-c1ccccc1Cl. The zero-order chi connectivity index (χ0) is 19.5. The van der Waals surface area contributed by atoms with Crippen molar-refractivity contribution in [2.24, 2.45) is 0 Å². The van der Waals surface area contributed by atoms with E-state index in [0.717, 1.165) is 0 Å². The van der Waals surface area contributed by atoms with E-state index in [-0.39, 0.29) is 12.1 Å². The fraction of sp³-hybridized carbons (Fsp3) is 0.0476. The lowest BCUT2D eigenvalue weighted by Gasteiger charge is -2.15. The first-order valence-electron chi connectivity index (χ1n) is 8.53. The van der Waals surface area contributed by atoms with Gasteiger partial charge in [-0.05, 0) is 36.4 Å².